The van der Waals surface area contributed by atoms with Crippen molar-refractivity contribution in [3.05, 3.63) is 23.8 Å². The van der Waals surface area contributed by atoms with Gasteiger partial charge in [-0.25, -0.2) is 4.79 Å². The van der Waals surface area contributed by atoms with Crippen molar-refractivity contribution in [2.45, 2.75) is 32.2 Å². The Morgan fingerprint density at radius 3 is 2.73 bits per heavy atom. The van der Waals surface area contributed by atoms with E-state index >= 15 is 0 Å². The molecule has 0 aliphatic carbocycles. The highest BCUT2D eigenvalue weighted by Crippen LogP contribution is 2.27. The molecule has 0 saturated carbocycles. The molecule has 2 N–H and O–H groups in total. The number of rotatable bonds is 4. The van der Waals surface area contributed by atoms with Crippen LogP contribution < -0.4 is 0 Å². The predicted octanol–water partition coefficient (Wildman–Crippen LogP) is 1.44. The maximum Gasteiger partial charge on any atom is 0.328 e. The fourth-order valence-corrected chi connectivity index (χ4v) is 2.83. The number of amides is 1. The first-order chi connectivity index (χ1) is 10.4. The minimum Gasteiger partial charge on any atom is -0.504 e. The summed E-state index contributed by atoms with van der Waals surface area (Å²) in [6, 6.07) is 4.02. The van der Waals surface area contributed by atoms with Crippen LogP contribution in [0, 0.1) is 5.92 Å². The maximum atomic E-state index is 12.5. The predicted molar refractivity (Wildman–Crippen MR) is 79.4 cm³/mol. The zero-order chi connectivity index (χ0) is 16.3. The number of phenolic OH excluding ortho intramolecular Hbond substituents is 2. The van der Waals surface area contributed by atoms with E-state index in [2.05, 4.69) is 0 Å². The molecule has 1 aliphatic heterocycles. The van der Waals surface area contributed by atoms with Crippen LogP contribution in [0.4, 0.5) is 0 Å². The minimum absolute atomic E-state index is 0.0968. The molecule has 2 unspecified atom stereocenters. The van der Waals surface area contributed by atoms with E-state index in [1.54, 1.807) is 17.9 Å². The van der Waals surface area contributed by atoms with Crippen molar-refractivity contribution < 1.29 is 24.5 Å². The Labute approximate surface area is 129 Å². The van der Waals surface area contributed by atoms with E-state index in [9.17, 15) is 19.8 Å². The Bertz CT molecular complexity index is 572. The number of aromatic hydroxyl groups is 2. The third-order valence-electron chi connectivity index (χ3n) is 4.01. The van der Waals surface area contributed by atoms with Crippen LogP contribution in [0.15, 0.2) is 18.2 Å². The zero-order valence-corrected chi connectivity index (χ0v) is 12.8. The standard InChI is InChI=1S/C16H21NO5/c1-10(8-11-5-6-13(18)14(19)9-11)15(20)17-7-3-4-12(17)16(21)22-2/h5-6,9-10,12,18-19H,3-4,7-8H2,1-2H3. The van der Waals surface area contributed by atoms with Crippen LogP contribution in [0.5, 0.6) is 11.5 Å². The summed E-state index contributed by atoms with van der Waals surface area (Å²) in [5.74, 6) is -1.19. The normalized spacial score (nSPS) is 19.0. The topological polar surface area (TPSA) is 87.1 Å². The number of nitrogens with zero attached hydrogens (tertiary/aromatic N) is 1. The van der Waals surface area contributed by atoms with E-state index in [-0.39, 0.29) is 29.3 Å². The zero-order valence-electron chi connectivity index (χ0n) is 12.8. The molecular weight excluding hydrogens is 286 g/mol. The third kappa shape index (κ3) is 3.32. The SMILES string of the molecule is COC(=O)C1CCCN1C(=O)C(C)Cc1ccc(O)c(O)c1. The van der Waals surface area contributed by atoms with E-state index in [0.29, 0.717) is 19.4 Å². The van der Waals surface area contributed by atoms with Crippen molar-refractivity contribution in [2.75, 3.05) is 13.7 Å². The molecule has 1 heterocycles. The highest BCUT2D eigenvalue weighted by atomic mass is 16.5. The second-order valence-corrected chi connectivity index (χ2v) is 5.64. The van der Waals surface area contributed by atoms with Crippen LogP contribution in [0.1, 0.15) is 25.3 Å². The number of methoxy groups -OCH3 is 1. The van der Waals surface area contributed by atoms with Gasteiger partial charge in [-0.05, 0) is 37.0 Å². The van der Waals surface area contributed by atoms with Crippen molar-refractivity contribution in [3.63, 3.8) is 0 Å². The van der Waals surface area contributed by atoms with Crippen LogP contribution >= 0.6 is 0 Å². The Morgan fingerprint density at radius 2 is 2.09 bits per heavy atom. The van der Waals surface area contributed by atoms with Gasteiger partial charge < -0.3 is 19.8 Å². The van der Waals surface area contributed by atoms with Crippen LogP contribution in [0.2, 0.25) is 0 Å². The van der Waals surface area contributed by atoms with E-state index in [1.165, 1.54) is 19.2 Å². The molecule has 6 heteroatoms. The smallest absolute Gasteiger partial charge is 0.328 e. The molecule has 2 rings (SSSR count). The molecule has 0 bridgehead atoms. The molecule has 6 nitrogen and oxygen atoms in total. The average Bonchev–Trinajstić information content (AvgIpc) is 2.98. The molecule has 2 atom stereocenters. The molecular formula is C16H21NO5. The molecule has 1 aromatic carbocycles. The first-order valence-corrected chi connectivity index (χ1v) is 7.33. The molecule has 0 aromatic heterocycles. The number of benzene rings is 1. The number of phenols is 2. The van der Waals surface area contributed by atoms with Gasteiger partial charge in [0.25, 0.3) is 0 Å². The average molecular weight is 307 g/mol. The largest absolute Gasteiger partial charge is 0.504 e. The van der Waals surface area contributed by atoms with Gasteiger partial charge in [0.1, 0.15) is 6.04 Å². The summed E-state index contributed by atoms with van der Waals surface area (Å²) < 4.78 is 4.75. The third-order valence-corrected chi connectivity index (χ3v) is 4.01. The number of hydrogen-bond acceptors (Lipinski definition) is 5. The van der Waals surface area contributed by atoms with Crippen molar-refractivity contribution in [1.82, 2.24) is 4.90 Å². The van der Waals surface area contributed by atoms with E-state index in [1.807, 2.05) is 0 Å². The van der Waals surface area contributed by atoms with Crippen LogP contribution in [-0.2, 0) is 20.7 Å². The Morgan fingerprint density at radius 1 is 1.36 bits per heavy atom. The van der Waals surface area contributed by atoms with Crippen molar-refractivity contribution in [1.29, 1.82) is 0 Å². The van der Waals surface area contributed by atoms with Crippen molar-refractivity contribution in [2.24, 2.45) is 5.92 Å². The highest BCUT2D eigenvalue weighted by molar-refractivity contribution is 5.86. The fourth-order valence-electron chi connectivity index (χ4n) is 2.83. The number of esters is 1. The molecule has 22 heavy (non-hydrogen) atoms. The number of ether oxygens (including phenoxy) is 1. The van der Waals surface area contributed by atoms with Gasteiger partial charge >= 0.3 is 5.97 Å². The molecule has 1 aliphatic rings. The van der Waals surface area contributed by atoms with Gasteiger partial charge in [-0.2, -0.15) is 0 Å². The van der Waals surface area contributed by atoms with Gasteiger partial charge in [-0.3, -0.25) is 4.79 Å². The quantitative estimate of drug-likeness (QED) is 0.649. The summed E-state index contributed by atoms with van der Waals surface area (Å²) in [5, 5.41) is 18.8. The Kier molecular flexibility index (Phi) is 4.90. The van der Waals surface area contributed by atoms with Crippen molar-refractivity contribution in [3.8, 4) is 11.5 Å². The lowest BCUT2D eigenvalue weighted by Crippen LogP contribution is -2.43. The first kappa shape index (κ1) is 16.1. The summed E-state index contributed by atoms with van der Waals surface area (Å²) in [4.78, 5) is 25.8. The lowest BCUT2D eigenvalue weighted by molar-refractivity contribution is -0.152. The fraction of sp³-hybridized carbons (Fsp3) is 0.500. The van der Waals surface area contributed by atoms with Gasteiger partial charge in [0.2, 0.25) is 5.91 Å². The van der Waals surface area contributed by atoms with E-state index in [4.69, 9.17) is 4.74 Å². The summed E-state index contributed by atoms with van der Waals surface area (Å²) >= 11 is 0. The van der Waals surface area contributed by atoms with Gasteiger partial charge in [-0.15, -0.1) is 0 Å². The van der Waals surface area contributed by atoms with Crippen molar-refractivity contribution >= 4 is 11.9 Å². The van der Waals surface area contributed by atoms with Gasteiger partial charge in [0.15, 0.2) is 11.5 Å². The lowest BCUT2D eigenvalue weighted by atomic mass is 9.99. The summed E-state index contributed by atoms with van der Waals surface area (Å²) in [6.45, 7) is 2.35. The highest BCUT2D eigenvalue weighted by Gasteiger charge is 2.36. The number of carbonyl (C=O) groups excluding carboxylic acids is 2. The summed E-state index contributed by atoms with van der Waals surface area (Å²) in [6.07, 6.45) is 1.85. The second-order valence-electron chi connectivity index (χ2n) is 5.64. The van der Waals surface area contributed by atoms with E-state index in [0.717, 1.165) is 12.0 Å². The number of hydrogen-bond donors (Lipinski definition) is 2. The molecule has 0 spiro atoms. The number of carbonyl (C=O) groups is 2. The number of likely N-dealkylation sites (tertiary alicyclic amines) is 1. The monoisotopic (exact) mass is 307 g/mol. The minimum atomic E-state index is -0.492. The summed E-state index contributed by atoms with van der Waals surface area (Å²) in [7, 11) is 1.33. The van der Waals surface area contributed by atoms with Gasteiger partial charge in [0, 0.05) is 12.5 Å². The molecule has 1 amide bonds. The Balaban J connectivity index is 2.05. The molecule has 1 saturated heterocycles. The first-order valence-electron chi connectivity index (χ1n) is 7.33. The second kappa shape index (κ2) is 6.68. The molecule has 1 fully saturated rings. The molecule has 0 radical (unpaired) electrons. The van der Waals surface area contributed by atoms with Crippen LogP contribution in [0.25, 0.3) is 0 Å². The lowest BCUT2D eigenvalue weighted by Gasteiger charge is -2.25. The maximum absolute atomic E-state index is 12.5. The van der Waals surface area contributed by atoms with E-state index < -0.39 is 6.04 Å². The molecule has 1 aromatic rings. The Hall–Kier alpha value is -2.24. The summed E-state index contributed by atoms with van der Waals surface area (Å²) in [5.41, 5.74) is 0.755. The molecule has 120 valence electrons. The van der Waals surface area contributed by atoms with Gasteiger partial charge in [-0.1, -0.05) is 13.0 Å². The van der Waals surface area contributed by atoms with Gasteiger partial charge in [0.05, 0.1) is 7.11 Å². The van der Waals surface area contributed by atoms with Crippen LogP contribution in [-0.4, -0.2) is 46.7 Å². The van der Waals surface area contributed by atoms with Crippen LogP contribution in [0.3, 0.4) is 0 Å².